The van der Waals surface area contributed by atoms with Crippen LogP contribution in [0.2, 0.25) is 0 Å². The van der Waals surface area contributed by atoms with Gasteiger partial charge in [0.2, 0.25) is 0 Å². The number of pyridine rings is 1. The molecule has 2 N–H and O–H groups in total. The maximum Gasteiger partial charge on any atom is 0.319 e. The summed E-state index contributed by atoms with van der Waals surface area (Å²) in [4.78, 5) is 25.4. The van der Waals surface area contributed by atoms with Gasteiger partial charge in [0, 0.05) is 18.7 Å². The molecule has 0 bridgehead atoms. The van der Waals surface area contributed by atoms with Gasteiger partial charge in [-0.05, 0) is 25.5 Å². The average molecular weight is 251 g/mol. The van der Waals surface area contributed by atoms with Crippen LogP contribution in [0.15, 0.2) is 18.3 Å². The van der Waals surface area contributed by atoms with Crippen molar-refractivity contribution >= 4 is 18.0 Å². The largest absolute Gasteiger partial charge is 0.338 e. The van der Waals surface area contributed by atoms with E-state index in [-0.39, 0.29) is 6.03 Å². The van der Waals surface area contributed by atoms with E-state index >= 15 is 0 Å². The van der Waals surface area contributed by atoms with Crippen molar-refractivity contribution in [3.63, 3.8) is 0 Å². The van der Waals surface area contributed by atoms with E-state index < -0.39 is 0 Å². The fourth-order valence-corrected chi connectivity index (χ4v) is 1.10. The van der Waals surface area contributed by atoms with Crippen molar-refractivity contribution in [3.05, 3.63) is 24.0 Å². The highest BCUT2D eigenvalue weighted by Gasteiger charge is 2.00. The lowest BCUT2D eigenvalue weighted by molar-refractivity contribution is -0.107. The number of aromatic nitrogens is 1. The number of hydrogen-bond acceptors (Lipinski definition) is 3. The SMILES string of the molecule is CC.Cc1ccc(NC(=O)NCCCC=O)cn1. The fourth-order valence-electron chi connectivity index (χ4n) is 1.10. The molecule has 1 heterocycles. The topological polar surface area (TPSA) is 71.1 Å². The van der Waals surface area contributed by atoms with Gasteiger partial charge in [0.05, 0.1) is 11.9 Å². The van der Waals surface area contributed by atoms with E-state index in [1.165, 1.54) is 0 Å². The van der Waals surface area contributed by atoms with Crippen molar-refractivity contribution in [1.29, 1.82) is 0 Å². The standard InChI is InChI=1S/C11H15N3O2.C2H6/c1-9-4-5-10(8-13-9)14-11(16)12-6-2-3-7-15;1-2/h4-5,7-8H,2-3,6H2,1H3,(H2,12,14,16);1-2H3. The molecular formula is C13H21N3O2. The lowest BCUT2D eigenvalue weighted by Gasteiger charge is -2.06. The van der Waals surface area contributed by atoms with E-state index in [4.69, 9.17) is 0 Å². The number of nitrogens with one attached hydrogen (secondary N) is 2. The monoisotopic (exact) mass is 251 g/mol. The highest BCUT2D eigenvalue weighted by Crippen LogP contribution is 2.04. The Morgan fingerprint density at radius 3 is 2.67 bits per heavy atom. The van der Waals surface area contributed by atoms with E-state index in [2.05, 4.69) is 15.6 Å². The minimum absolute atomic E-state index is 0.281. The van der Waals surface area contributed by atoms with Crippen molar-refractivity contribution in [3.8, 4) is 0 Å². The number of amides is 2. The van der Waals surface area contributed by atoms with Gasteiger partial charge >= 0.3 is 6.03 Å². The van der Waals surface area contributed by atoms with Crippen molar-refractivity contribution < 1.29 is 9.59 Å². The summed E-state index contributed by atoms with van der Waals surface area (Å²) < 4.78 is 0. The summed E-state index contributed by atoms with van der Waals surface area (Å²) >= 11 is 0. The van der Waals surface area contributed by atoms with Crippen LogP contribution in [0.4, 0.5) is 10.5 Å². The van der Waals surface area contributed by atoms with Crippen LogP contribution < -0.4 is 10.6 Å². The fraction of sp³-hybridized carbons (Fsp3) is 0.462. The third-order valence-corrected chi connectivity index (χ3v) is 1.95. The minimum atomic E-state index is -0.281. The van der Waals surface area contributed by atoms with Crippen LogP contribution in [0, 0.1) is 6.92 Å². The van der Waals surface area contributed by atoms with Crippen LogP contribution in [0.1, 0.15) is 32.4 Å². The zero-order valence-corrected chi connectivity index (χ0v) is 11.2. The molecule has 1 aromatic heterocycles. The van der Waals surface area contributed by atoms with Gasteiger partial charge in [-0.1, -0.05) is 13.8 Å². The molecule has 0 aliphatic rings. The number of aldehydes is 1. The zero-order valence-electron chi connectivity index (χ0n) is 11.2. The molecule has 0 aromatic carbocycles. The van der Waals surface area contributed by atoms with Crippen molar-refractivity contribution in [2.24, 2.45) is 0 Å². The second-order valence-electron chi connectivity index (χ2n) is 3.38. The average Bonchev–Trinajstić information content (AvgIpc) is 2.40. The third kappa shape index (κ3) is 7.38. The first kappa shape index (κ1) is 16.1. The second kappa shape index (κ2) is 10.3. The molecule has 0 radical (unpaired) electrons. The predicted molar refractivity (Wildman–Crippen MR) is 72.6 cm³/mol. The lowest BCUT2D eigenvalue weighted by Crippen LogP contribution is -2.29. The van der Waals surface area contributed by atoms with Gasteiger partial charge in [-0.25, -0.2) is 4.79 Å². The van der Waals surface area contributed by atoms with Crippen LogP contribution in [-0.2, 0) is 4.79 Å². The Labute approximate surface area is 108 Å². The van der Waals surface area contributed by atoms with E-state index in [1.54, 1.807) is 12.3 Å². The molecule has 0 saturated carbocycles. The van der Waals surface area contributed by atoms with E-state index in [0.717, 1.165) is 12.0 Å². The molecule has 2 amide bonds. The highest BCUT2D eigenvalue weighted by molar-refractivity contribution is 5.88. The second-order valence-corrected chi connectivity index (χ2v) is 3.38. The molecule has 18 heavy (non-hydrogen) atoms. The number of carbonyl (C=O) groups excluding carboxylic acids is 2. The summed E-state index contributed by atoms with van der Waals surface area (Å²) in [7, 11) is 0. The summed E-state index contributed by atoms with van der Waals surface area (Å²) in [6, 6.07) is 3.33. The van der Waals surface area contributed by atoms with Crippen LogP contribution in [-0.4, -0.2) is 23.8 Å². The van der Waals surface area contributed by atoms with E-state index in [0.29, 0.717) is 25.1 Å². The number of urea groups is 1. The number of unbranched alkanes of at least 4 members (excludes halogenated alkanes) is 1. The Hall–Kier alpha value is -1.91. The molecule has 5 nitrogen and oxygen atoms in total. The van der Waals surface area contributed by atoms with Crippen LogP contribution in [0.5, 0.6) is 0 Å². The summed E-state index contributed by atoms with van der Waals surface area (Å²) in [6.07, 6.45) is 3.55. The highest BCUT2D eigenvalue weighted by atomic mass is 16.2. The molecule has 1 rings (SSSR count). The molecule has 5 heteroatoms. The summed E-state index contributed by atoms with van der Waals surface area (Å²) in [5.74, 6) is 0. The molecule has 0 aliphatic carbocycles. The van der Waals surface area contributed by atoms with Crippen LogP contribution in [0.3, 0.4) is 0 Å². The third-order valence-electron chi connectivity index (χ3n) is 1.95. The number of carbonyl (C=O) groups is 2. The molecular weight excluding hydrogens is 230 g/mol. The Kier molecular flexibility index (Phi) is 9.17. The number of nitrogens with zero attached hydrogens (tertiary/aromatic N) is 1. The Morgan fingerprint density at radius 1 is 1.39 bits per heavy atom. The normalized spacial score (nSPS) is 8.83. The van der Waals surface area contributed by atoms with Gasteiger partial charge < -0.3 is 15.4 Å². The first-order valence-electron chi connectivity index (χ1n) is 6.13. The molecule has 0 spiro atoms. The molecule has 0 fully saturated rings. The van der Waals surface area contributed by atoms with Gasteiger partial charge in [-0.3, -0.25) is 4.98 Å². The first-order chi connectivity index (χ1) is 8.72. The maximum absolute atomic E-state index is 11.3. The quantitative estimate of drug-likeness (QED) is 0.624. The Bertz CT molecular complexity index is 350. The van der Waals surface area contributed by atoms with E-state index in [9.17, 15) is 9.59 Å². The number of rotatable bonds is 5. The Morgan fingerprint density at radius 2 is 2.11 bits per heavy atom. The predicted octanol–water partition coefficient (Wildman–Crippen LogP) is 2.52. The molecule has 100 valence electrons. The Balaban J connectivity index is 0.00000137. The van der Waals surface area contributed by atoms with Crippen molar-refractivity contribution in [1.82, 2.24) is 10.3 Å². The smallest absolute Gasteiger partial charge is 0.319 e. The number of anilines is 1. The molecule has 0 saturated heterocycles. The molecule has 0 aliphatic heterocycles. The van der Waals surface area contributed by atoms with E-state index in [1.807, 2.05) is 26.8 Å². The lowest BCUT2D eigenvalue weighted by atomic mass is 10.3. The minimum Gasteiger partial charge on any atom is -0.338 e. The molecule has 0 unspecified atom stereocenters. The first-order valence-corrected chi connectivity index (χ1v) is 6.13. The maximum atomic E-state index is 11.3. The van der Waals surface area contributed by atoms with Gasteiger partial charge in [0.25, 0.3) is 0 Å². The van der Waals surface area contributed by atoms with Crippen LogP contribution >= 0.6 is 0 Å². The molecule has 0 atom stereocenters. The van der Waals surface area contributed by atoms with Crippen molar-refractivity contribution in [2.75, 3.05) is 11.9 Å². The zero-order chi connectivity index (χ0) is 13.8. The van der Waals surface area contributed by atoms with Crippen LogP contribution in [0.25, 0.3) is 0 Å². The van der Waals surface area contributed by atoms with Crippen molar-refractivity contribution in [2.45, 2.75) is 33.6 Å². The van der Waals surface area contributed by atoms with Gasteiger partial charge in [0.15, 0.2) is 0 Å². The number of hydrogen-bond donors (Lipinski definition) is 2. The summed E-state index contributed by atoms with van der Waals surface area (Å²) in [5.41, 5.74) is 1.55. The van der Waals surface area contributed by atoms with Gasteiger partial charge in [0.1, 0.15) is 6.29 Å². The number of aryl methyl sites for hydroxylation is 1. The summed E-state index contributed by atoms with van der Waals surface area (Å²) in [6.45, 7) is 6.37. The van der Waals surface area contributed by atoms with Gasteiger partial charge in [-0.2, -0.15) is 0 Å². The van der Waals surface area contributed by atoms with Gasteiger partial charge in [-0.15, -0.1) is 0 Å². The molecule has 1 aromatic rings. The summed E-state index contributed by atoms with van der Waals surface area (Å²) in [5, 5.41) is 5.29.